The number of benzene rings is 3. The maximum atomic E-state index is 11.8. The molecule has 1 heterocycles. The summed E-state index contributed by atoms with van der Waals surface area (Å²) in [6, 6.07) is 28.9. The van der Waals surface area contributed by atoms with Crippen molar-refractivity contribution in [3.05, 3.63) is 120 Å². The van der Waals surface area contributed by atoms with E-state index in [0.29, 0.717) is 13.2 Å². The predicted octanol–water partition coefficient (Wildman–Crippen LogP) is 5.00. The number of rotatable bonds is 10. The summed E-state index contributed by atoms with van der Waals surface area (Å²) in [6.07, 6.45) is 2.65. The summed E-state index contributed by atoms with van der Waals surface area (Å²) in [7, 11) is 4.32. The Morgan fingerprint density at radius 1 is 0.848 bits per heavy atom. The molecule has 0 unspecified atom stereocenters. The second kappa shape index (κ2) is 10.0. The van der Waals surface area contributed by atoms with E-state index in [9.17, 15) is 5.11 Å². The molecule has 5 nitrogen and oxygen atoms in total. The van der Waals surface area contributed by atoms with Crippen LogP contribution >= 0.6 is 0 Å². The van der Waals surface area contributed by atoms with E-state index in [4.69, 9.17) is 9.15 Å². The second-order valence-electron chi connectivity index (χ2n) is 8.91. The average Bonchev–Trinajstić information content (AvgIpc) is 3.31. The Labute approximate surface area is 195 Å². The summed E-state index contributed by atoms with van der Waals surface area (Å²) in [5.74, 6) is 1.91. The monoisotopic (exact) mass is 443 g/mol. The number of para-hydroxylation sites is 1. The van der Waals surface area contributed by atoms with Gasteiger partial charge in [0.25, 0.3) is 0 Å². The first kappa shape index (κ1) is 22.8. The summed E-state index contributed by atoms with van der Waals surface area (Å²) < 4.78 is 12.7. The lowest BCUT2D eigenvalue weighted by Crippen LogP contribution is -2.40. The fourth-order valence-corrected chi connectivity index (χ4v) is 4.02. The summed E-state index contributed by atoms with van der Waals surface area (Å²) in [5.41, 5.74) is -0.0191. The minimum absolute atomic E-state index is 0.280. The molecule has 1 N–H and O–H groups in total. The fourth-order valence-electron chi connectivity index (χ4n) is 4.02. The van der Waals surface area contributed by atoms with Crippen LogP contribution in [0.2, 0.25) is 0 Å². The Balaban J connectivity index is 1.46. The predicted molar refractivity (Wildman–Crippen MR) is 129 cm³/mol. The number of quaternary nitrogens is 1. The summed E-state index contributed by atoms with van der Waals surface area (Å²) in [4.78, 5) is 4.51. The van der Waals surface area contributed by atoms with Gasteiger partial charge in [-0.05, 0) is 23.3 Å². The number of nitrogens with zero attached hydrogens (tertiary/aromatic N) is 2. The minimum atomic E-state index is -1.46. The molecule has 3 aromatic carbocycles. The van der Waals surface area contributed by atoms with Crippen LogP contribution in [0.3, 0.4) is 0 Å². The fraction of sp³-hybridized carbons (Fsp3) is 0.250. The minimum Gasteiger partial charge on any atom is -0.493 e. The Hall–Kier alpha value is -3.41. The van der Waals surface area contributed by atoms with Gasteiger partial charge in [-0.25, -0.2) is 4.98 Å². The van der Waals surface area contributed by atoms with Crippen LogP contribution in [0.25, 0.3) is 0 Å². The highest BCUT2D eigenvalue weighted by Crippen LogP contribution is 2.36. The van der Waals surface area contributed by atoms with E-state index in [1.54, 1.807) is 6.20 Å². The molecular formula is C28H31N2O3+. The first-order chi connectivity index (χ1) is 16.0. The second-order valence-corrected chi connectivity index (χ2v) is 8.91. The molecule has 170 valence electrons. The highest BCUT2D eigenvalue weighted by molar-refractivity contribution is 5.41. The third kappa shape index (κ3) is 5.51. The maximum absolute atomic E-state index is 11.8. The van der Waals surface area contributed by atoms with Gasteiger partial charge in [-0.15, -0.1) is 0 Å². The van der Waals surface area contributed by atoms with E-state index in [0.717, 1.165) is 40.1 Å². The third-order valence-electron chi connectivity index (χ3n) is 5.75. The summed E-state index contributed by atoms with van der Waals surface area (Å²) in [5, 5.41) is 11.8. The van der Waals surface area contributed by atoms with Crippen molar-refractivity contribution in [2.24, 2.45) is 0 Å². The summed E-state index contributed by atoms with van der Waals surface area (Å²) >= 11 is 0. The molecule has 0 saturated heterocycles. The molecule has 0 saturated carbocycles. The zero-order valence-corrected chi connectivity index (χ0v) is 19.2. The van der Waals surface area contributed by atoms with Gasteiger partial charge in [-0.3, -0.25) is 0 Å². The molecule has 0 spiro atoms. The zero-order chi connectivity index (χ0) is 23.2. The van der Waals surface area contributed by atoms with E-state index in [2.05, 4.69) is 19.1 Å². The van der Waals surface area contributed by atoms with E-state index in [1.807, 2.05) is 91.0 Å². The van der Waals surface area contributed by atoms with Crippen molar-refractivity contribution in [2.75, 3.05) is 27.2 Å². The van der Waals surface area contributed by atoms with Gasteiger partial charge in [0.05, 0.1) is 33.4 Å². The molecule has 0 amide bonds. The van der Waals surface area contributed by atoms with Crippen LogP contribution in [0.15, 0.2) is 102 Å². The van der Waals surface area contributed by atoms with Gasteiger partial charge in [0, 0.05) is 6.42 Å². The first-order valence-corrected chi connectivity index (χ1v) is 11.3. The molecule has 0 fully saturated rings. The van der Waals surface area contributed by atoms with Gasteiger partial charge in [0.1, 0.15) is 12.3 Å². The standard InChI is InChI=1S/C28H31N2O3/c1-30(2,19-12-20-32-25-17-10-5-11-18-25)22-26-21-29-27(33-26)28(31,23-13-6-3-7-14-23)24-15-8-4-9-16-24/h3-11,13-18,21,31H,12,19-20,22H2,1-2H3/q+1. The number of ether oxygens (including phenoxy) is 1. The van der Waals surface area contributed by atoms with Gasteiger partial charge in [0.2, 0.25) is 5.89 Å². The lowest BCUT2D eigenvalue weighted by atomic mass is 9.86. The Morgan fingerprint density at radius 3 is 1.97 bits per heavy atom. The Kier molecular flexibility index (Phi) is 6.92. The number of aliphatic hydroxyl groups is 1. The van der Waals surface area contributed by atoms with Gasteiger partial charge >= 0.3 is 0 Å². The third-order valence-corrected chi connectivity index (χ3v) is 5.75. The molecule has 33 heavy (non-hydrogen) atoms. The first-order valence-electron chi connectivity index (χ1n) is 11.3. The molecule has 4 aromatic rings. The van der Waals surface area contributed by atoms with Crippen molar-refractivity contribution in [1.82, 2.24) is 4.98 Å². The summed E-state index contributed by atoms with van der Waals surface area (Å²) in [6.45, 7) is 2.25. The zero-order valence-electron chi connectivity index (χ0n) is 19.2. The van der Waals surface area contributed by atoms with Gasteiger partial charge in [0.15, 0.2) is 11.4 Å². The van der Waals surface area contributed by atoms with Crippen molar-refractivity contribution in [3.8, 4) is 5.75 Å². The van der Waals surface area contributed by atoms with Crippen molar-refractivity contribution in [2.45, 2.75) is 18.6 Å². The highest BCUT2D eigenvalue weighted by Gasteiger charge is 2.39. The van der Waals surface area contributed by atoms with Crippen LogP contribution in [0, 0.1) is 0 Å². The Bertz CT molecular complexity index is 1090. The van der Waals surface area contributed by atoms with Crippen LogP contribution in [0.4, 0.5) is 0 Å². The van der Waals surface area contributed by atoms with Gasteiger partial charge in [-0.1, -0.05) is 78.9 Å². The van der Waals surface area contributed by atoms with Crippen molar-refractivity contribution < 1.29 is 18.7 Å². The van der Waals surface area contributed by atoms with E-state index < -0.39 is 5.60 Å². The van der Waals surface area contributed by atoms with Gasteiger partial charge < -0.3 is 18.7 Å². The number of hydrogen-bond acceptors (Lipinski definition) is 4. The van der Waals surface area contributed by atoms with Crippen LogP contribution in [-0.2, 0) is 12.1 Å². The van der Waals surface area contributed by atoms with E-state index in [1.165, 1.54) is 0 Å². The van der Waals surface area contributed by atoms with E-state index in [-0.39, 0.29) is 5.89 Å². The van der Waals surface area contributed by atoms with Crippen LogP contribution in [0.1, 0.15) is 29.2 Å². The molecule has 0 aliphatic carbocycles. The molecule has 0 radical (unpaired) electrons. The molecule has 5 heteroatoms. The van der Waals surface area contributed by atoms with Crippen molar-refractivity contribution in [3.63, 3.8) is 0 Å². The smallest absolute Gasteiger partial charge is 0.236 e. The molecule has 0 aliphatic heterocycles. The molecule has 0 atom stereocenters. The van der Waals surface area contributed by atoms with Crippen molar-refractivity contribution >= 4 is 0 Å². The topological polar surface area (TPSA) is 55.5 Å². The maximum Gasteiger partial charge on any atom is 0.236 e. The van der Waals surface area contributed by atoms with E-state index >= 15 is 0 Å². The lowest BCUT2D eigenvalue weighted by Gasteiger charge is -2.29. The Morgan fingerprint density at radius 2 is 1.39 bits per heavy atom. The van der Waals surface area contributed by atoms with Gasteiger partial charge in [-0.2, -0.15) is 0 Å². The quantitative estimate of drug-likeness (QED) is 0.277. The molecule has 1 aromatic heterocycles. The molecular weight excluding hydrogens is 412 g/mol. The normalized spacial score (nSPS) is 12.0. The highest BCUT2D eigenvalue weighted by atomic mass is 16.5. The van der Waals surface area contributed by atoms with Crippen LogP contribution in [0.5, 0.6) is 5.75 Å². The largest absolute Gasteiger partial charge is 0.493 e. The lowest BCUT2D eigenvalue weighted by molar-refractivity contribution is -0.904. The van der Waals surface area contributed by atoms with Crippen molar-refractivity contribution in [1.29, 1.82) is 0 Å². The number of aromatic nitrogens is 1. The molecule has 0 bridgehead atoms. The SMILES string of the molecule is C[N+](C)(CCCOc1ccccc1)Cc1cnc(C(O)(c2ccccc2)c2ccccc2)o1. The van der Waals surface area contributed by atoms with Crippen LogP contribution in [-0.4, -0.2) is 41.8 Å². The van der Waals surface area contributed by atoms with Crippen LogP contribution < -0.4 is 4.74 Å². The number of hydrogen-bond donors (Lipinski definition) is 1. The number of oxazole rings is 1. The molecule has 4 rings (SSSR count). The average molecular weight is 444 g/mol. The molecule has 0 aliphatic rings.